The van der Waals surface area contributed by atoms with Gasteiger partial charge in [-0.3, -0.25) is 9.59 Å². The highest BCUT2D eigenvalue weighted by molar-refractivity contribution is 7.20. The van der Waals surface area contributed by atoms with Crippen molar-refractivity contribution < 1.29 is 23.8 Å². The Labute approximate surface area is 199 Å². The predicted octanol–water partition coefficient (Wildman–Crippen LogP) is 3.28. The zero-order valence-corrected chi connectivity index (χ0v) is 19.8. The van der Waals surface area contributed by atoms with Gasteiger partial charge in [0, 0.05) is 13.0 Å². The molecule has 0 bridgehead atoms. The van der Waals surface area contributed by atoms with Gasteiger partial charge in [-0.25, -0.2) is 9.78 Å². The number of carbonyl (C=O) groups excluding carboxylic acids is 2. The molecule has 178 valence electrons. The lowest BCUT2D eigenvalue weighted by Crippen LogP contribution is -2.34. The summed E-state index contributed by atoms with van der Waals surface area (Å²) in [6.45, 7) is 4.81. The summed E-state index contributed by atoms with van der Waals surface area (Å²) in [5.41, 5.74) is 1.20. The molecule has 34 heavy (non-hydrogen) atoms. The van der Waals surface area contributed by atoms with Gasteiger partial charge in [0.05, 0.1) is 24.6 Å². The second-order valence-electron chi connectivity index (χ2n) is 8.47. The number of aryl methyl sites for hydroxylation is 2. The van der Waals surface area contributed by atoms with Crippen molar-refractivity contribution in [3.63, 3.8) is 0 Å². The van der Waals surface area contributed by atoms with Crippen molar-refractivity contribution in [1.82, 2.24) is 14.9 Å². The van der Waals surface area contributed by atoms with Gasteiger partial charge in [-0.2, -0.15) is 0 Å². The zero-order valence-electron chi connectivity index (χ0n) is 19.0. The van der Waals surface area contributed by atoms with Gasteiger partial charge in [-0.05, 0) is 49.9 Å². The van der Waals surface area contributed by atoms with E-state index in [0.717, 1.165) is 36.2 Å². The van der Waals surface area contributed by atoms with Crippen LogP contribution in [-0.2, 0) is 9.53 Å². The minimum Gasteiger partial charge on any atom is -0.490 e. The van der Waals surface area contributed by atoms with Gasteiger partial charge in [0.1, 0.15) is 15.5 Å². The van der Waals surface area contributed by atoms with Gasteiger partial charge in [0.2, 0.25) is 0 Å². The molecule has 5 rings (SSSR count). The summed E-state index contributed by atoms with van der Waals surface area (Å²) in [7, 11) is 0. The molecule has 3 aromatic rings. The van der Waals surface area contributed by atoms with Crippen LogP contribution in [0.3, 0.4) is 0 Å². The minimum absolute atomic E-state index is 0.111. The van der Waals surface area contributed by atoms with Crippen molar-refractivity contribution in [2.45, 2.75) is 39.2 Å². The number of hydrogen-bond donors (Lipinski definition) is 1. The summed E-state index contributed by atoms with van der Waals surface area (Å²) in [5, 5.41) is 0.378. The summed E-state index contributed by atoms with van der Waals surface area (Å²) in [6.07, 6.45) is 2.51. The lowest BCUT2D eigenvalue weighted by Gasteiger charge is -2.25. The maximum absolute atomic E-state index is 13.0. The molecule has 0 saturated carbocycles. The Bertz CT molecular complexity index is 1330. The summed E-state index contributed by atoms with van der Waals surface area (Å²) < 4.78 is 16.9. The smallest absolute Gasteiger partial charge is 0.349 e. The molecule has 2 aliphatic heterocycles. The Morgan fingerprint density at radius 1 is 1.21 bits per heavy atom. The quantitative estimate of drug-likeness (QED) is 0.567. The molecule has 1 amide bonds. The van der Waals surface area contributed by atoms with Gasteiger partial charge in [0.25, 0.3) is 11.5 Å². The number of nitrogens with zero attached hydrogens (tertiary/aromatic N) is 2. The van der Waals surface area contributed by atoms with Gasteiger partial charge in [-0.1, -0.05) is 6.07 Å². The molecule has 0 spiro atoms. The lowest BCUT2D eigenvalue weighted by atomic mass is 10.0. The molecule has 9 nitrogen and oxygen atoms in total. The van der Waals surface area contributed by atoms with Crippen LogP contribution in [0.4, 0.5) is 0 Å². The van der Waals surface area contributed by atoms with Crippen LogP contribution in [0.2, 0.25) is 0 Å². The third kappa shape index (κ3) is 4.13. The molecule has 4 heterocycles. The number of amides is 1. The Kier molecular flexibility index (Phi) is 5.99. The van der Waals surface area contributed by atoms with Crippen molar-refractivity contribution in [2.75, 3.05) is 26.4 Å². The first kappa shape index (κ1) is 22.4. The number of hydrogen-bond acceptors (Lipinski definition) is 8. The molecule has 1 N–H and O–H groups in total. The van der Waals surface area contributed by atoms with Crippen molar-refractivity contribution in [1.29, 1.82) is 0 Å². The first-order valence-electron chi connectivity index (χ1n) is 11.3. The number of H-pyrrole nitrogens is 1. The van der Waals surface area contributed by atoms with Gasteiger partial charge >= 0.3 is 5.97 Å². The van der Waals surface area contributed by atoms with Gasteiger partial charge in [0.15, 0.2) is 18.1 Å². The fourth-order valence-corrected chi connectivity index (χ4v) is 5.64. The van der Waals surface area contributed by atoms with Gasteiger partial charge in [-0.15, -0.1) is 11.3 Å². The highest BCUT2D eigenvalue weighted by atomic mass is 32.1. The van der Waals surface area contributed by atoms with Crippen LogP contribution in [0.5, 0.6) is 11.5 Å². The topological polar surface area (TPSA) is 111 Å². The third-order valence-electron chi connectivity index (χ3n) is 6.16. The number of ether oxygens (including phenoxy) is 3. The van der Waals surface area contributed by atoms with Crippen LogP contribution < -0.4 is 15.0 Å². The van der Waals surface area contributed by atoms with Crippen LogP contribution in [-0.4, -0.2) is 53.1 Å². The highest BCUT2D eigenvalue weighted by Crippen LogP contribution is 2.38. The normalized spacial score (nSPS) is 17.6. The zero-order chi connectivity index (χ0) is 23.8. The molecule has 1 saturated heterocycles. The Morgan fingerprint density at radius 2 is 2.00 bits per heavy atom. The second kappa shape index (κ2) is 9.09. The molecule has 0 aliphatic carbocycles. The number of fused-ring (bicyclic) bond motifs is 2. The lowest BCUT2D eigenvalue weighted by molar-refractivity contribution is -0.135. The van der Waals surface area contributed by atoms with Crippen molar-refractivity contribution in [3.8, 4) is 11.5 Å². The van der Waals surface area contributed by atoms with E-state index in [2.05, 4.69) is 9.97 Å². The minimum atomic E-state index is -0.628. The molecule has 1 fully saturated rings. The number of carbonyl (C=O) groups is 2. The molecule has 1 aromatic carbocycles. The Balaban J connectivity index is 1.29. The number of esters is 1. The maximum atomic E-state index is 13.0. The average Bonchev–Trinajstić information content (AvgIpc) is 3.35. The monoisotopic (exact) mass is 483 g/mol. The van der Waals surface area contributed by atoms with Crippen LogP contribution >= 0.6 is 11.3 Å². The molecular weight excluding hydrogens is 458 g/mol. The van der Waals surface area contributed by atoms with Crippen LogP contribution in [0, 0.1) is 13.8 Å². The third-order valence-corrected chi connectivity index (χ3v) is 7.33. The molecule has 2 aromatic heterocycles. The fourth-order valence-electron chi connectivity index (χ4n) is 4.52. The van der Waals surface area contributed by atoms with Crippen LogP contribution in [0.25, 0.3) is 10.2 Å². The first-order chi connectivity index (χ1) is 16.4. The SMILES string of the molecule is Cc1nc2sc(C(=O)OCC(=O)N3CCCC3c3ccc4c(c3)OCCCO4)c(C)c2c(=O)[nH]1. The molecule has 2 aliphatic rings. The van der Waals surface area contributed by atoms with Crippen molar-refractivity contribution in [3.05, 3.63) is 50.4 Å². The van der Waals surface area contributed by atoms with E-state index in [-0.39, 0.29) is 29.0 Å². The number of thiophene rings is 1. The molecular formula is C24H25N3O6S. The van der Waals surface area contributed by atoms with E-state index in [1.54, 1.807) is 18.7 Å². The highest BCUT2D eigenvalue weighted by Gasteiger charge is 2.32. The fraction of sp³-hybridized carbons (Fsp3) is 0.417. The van der Waals surface area contributed by atoms with E-state index in [1.807, 2.05) is 18.2 Å². The van der Waals surface area contributed by atoms with E-state index < -0.39 is 5.97 Å². The second-order valence-corrected chi connectivity index (χ2v) is 9.46. The number of aromatic amines is 1. The largest absolute Gasteiger partial charge is 0.490 e. The van der Waals surface area contributed by atoms with Crippen LogP contribution in [0.1, 0.15) is 51.9 Å². The number of likely N-dealkylation sites (tertiary alicyclic amines) is 1. The number of nitrogens with one attached hydrogen (secondary N) is 1. The average molecular weight is 484 g/mol. The van der Waals surface area contributed by atoms with Crippen molar-refractivity contribution >= 4 is 33.4 Å². The molecule has 0 radical (unpaired) electrons. The molecule has 1 atom stereocenters. The maximum Gasteiger partial charge on any atom is 0.349 e. The van der Waals surface area contributed by atoms with Crippen molar-refractivity contribution in [2.24, 2.45) is 0 Å². The number of benzene rings is 1. The summed E-state index contributed by atoms with van der Waals surface area (Å²) in [6, 6.07) is 5.68. The summed E-state index contributed by atoms with van der Waals surface area (Å²) in [4.78, 5) is 47.5. The molecule has 1 unspecified atom stereocenters. The van der Waals surface area contributed by atoms with Crippen LogP contribution in [0.15, 0.2) is 23.0 Å². The molecule has 10 heteroatoms. The number of rotatable bonds is 4. The van der Waals surface area contributed by atoms with E-state index in [0.29, 0.717) is 52.9 Å². The van der Waals surface area contributed by atoms with Gasteiger partial charge < -0.3 is 24.1 Å². The Morgan fingerprint density at radius 3 is 2.82 bits per heavy atom. The standard InChI is InChI=1S/C24H25N3O6S/c1-13-20-22(29)25-14(2)26-23(20)34-21(13)24(30)33-12-19(28)27-8-3-5-16(27)15-6-7-17-18(11-15)32-10-4-9-31-17/h6-7,11,16H,3-5,8-10,12H2,1-2H3,(H,25,26,29). The van der Waals surface area contributed by atoms with E-state index in [4.69, 9.17) is 14.2 Å². The number of aromatic nitrogens is 2. The summed E-state index contributed by atoms with van der Waals surface area (Å²) >= 11 is 1.10. The van der Waals surface area contributed by atoms with E-state index in [9.17, 15) is 14.4 Å². The first-order valence-corrected chi connectivity index (χ1v) is 12.1. The predicted molar refractivity (Wildman–Crippen MR) is 126 cm³/mol. The van der Waals surface area contributed by atoms with E-state index >= 15 is 0 Å². The van der Waals surface area contributed by atoms with E-state index in [1.165, 1.54) is 0 Å². The summed E-state index contributed by atoms with van der Waals surface area (Å²) in [5.74, 6) is 1.00. The Hall–Kier alpha value is -3.40.